The molecule has 9 nitrogen and oxygen atoms in total. The lowest BCUT2D eigenvalue weighted by Gasteiger charge is -2.28. The van der Waals surface area contributed by atoms with Crippen LogP contribution in [0, 0.1) is 11.8 Å². The van der Waals surface area contributed by atoms with Crippen LogP contribution < -0.4 is 5.73 Å². The highest BCUT2D eigenvalue weighted by Gasteiger charge is 2.50. The van der Waals surface area contributed by atoms with Gasteiger partial charge in [-0.05, 0) is 12.0 Å². The number of hydrogen-bond donors (Lipinski definition) is 3. The number of aromatic nitrogens is 3. The third-order valence-electron chi connectivity index (χ3n) is 4.80. The van der Waals surface area contributed by atoms with E-state index < -0.39 is 24.2 Å². The number of primary amides is 1. The highest BCUT2D eigenvalue weighted by molar-refractivity contribution is 5.89. The third-order valence-corrected chi connectivity index (χ3v) is 4.80. The topological polar surface area (TPSA) is 141 Å². The number of nitrogens with zero attached hydrogens (tertiary/aromatic N) is 3. The minimum Gasteiger partial charge on any atom is -0.462 e. The molecule has 25 heavy (non-hydrogen) atoms. The van der Waals surface area contributed by atoms with Gasteiger partial charge in [0.1, 0.15) is 24.6 Å². The van der Waals surface area contributed by atoms with Gasteiger partial charge in [0.05, 0.1) is 12.0 Å². The van der Waals surface area contributed by atoms with Crippen molar-refractivity contribution in [3.05, 3.63) is 23.8 Å². The van der Waals surface area contributed by atoms with Crippen LogP contribution in [0.5, 0.6) is 0 Å². The van der Waals surface area contributed by atoms with Gasteiger partial charge in [0.25, 0.3) is 5.91 Å². The van der Waals surface area contributed by atoms with Gasteiger partial charge in [-0.3, -0.25) is 9.59 Å². The van der Waals surface area contributed by atoms with E-state index in [2.05, 4.69) is 10.1 Å². The second kappa shape index (κ2) is 6.57. The fraction of sp³-hybridized carbons (Fsp3) is 0.625. The molecule has 2 aliphatic rings. The quantitative estimate of drug-likeness (QED) is 0.494. The molecule has 0 bridgehead atoms. The summed E-state index contributed by atoms with van der Waals surface area (Å²) in [5, 5.41) is 24.9. The molecule has 1 heterocycles. The smallest absolute Gasteiger partial charge is 0.308 e. The zero-order valence-electron chi connectivity index (χ0n) is 14.1. The number of rotatable bonds is 4. The van der Waals surface area contributed by atoms with Gasteiger partial charge in [-0.15, -0.1) is 0 Å². The standard InChI is InChI=1S/C16H22N4O5/c1-7(2)16(24)25-8-3-4-9-10(5-8)12(21)13(22)11(9)20-15(14(17)23)18-6-19-20/h4,6-8,10-13,21-22H,3,5H2,1-2H3,(H2,17,23)/t8-,10-,11+,12+,13-/m0/s1. The summed E-state index contributed by atoms with van der Waals surface area (Å²) < 4.78 is 6.70. The van der Waals surface area contributed by atoms with Crippen molar-refractivity contribution < 1.29 is 24.5 Å². The number of nitrogens with two attached hydrogens (primary N) is 1. The van der Waals surface area contributed by atoms with Crippen LogP contribution in [0.25, 0.3) is 0 Å². The summed E-state index contributed by atoms with van der Waals surface area (Å²) in [5.41, 5.74) is 6.05. The zero-order valence-corrected chi connectivity index (χ0v) is 14.1. The predicted molar refractivity (Wildman–Crippen MR) is 85.1 cm³/mol. The molecule has 0 unspecified atom stereocenters. The molecular weight excluding hydrogens is 328 g/mol. The van der Waals surface area contributed by atoms with Crippen molar-refractivity contribution in [3.63, 3.8) is 0 Å². The Kier molecular flexibility index (Phi) is 4.61. The average Bonchev–Trinajstić information content (AvgIpc) is 3.12. The van der Waals surface area contributed by atoms with Crippen molar-refractivity contribution in [1.29, 1.82) is 0 Å². The molecule has 1 aromatic rings. The Labute approximate surface area is 144 Å². The van der Waals surface area contributed by atoms with Crippen LogP contribution in [0.4, 0.5) is 0 Å². The number of esters is 1. The Bertz CT molecular complexity index is 713. The normalized spacial score (nSPS) is 31.6. The van der Waals surface area contributed by atoms with Crippen LogP contribution in [-0.2, 0) is 9.53 Å². The van der Waals surface area contributed by atoms with E-state index in [-0.39, 0.29) is 29.7 Å². The summed E-state index contributed by atoms with van der Waals surface area (Å²) >= 11 is 0. The first kappa shape index (κ1) is 17.6. The fourth-order valence-electron chi connectivity index (χ4n) is 3.55. The first-order chi connectivity index (χ1) is 11.8. The molecular formula is C16H22N4O5. The highest BCUT2D eigenvalue weighted by atomic mass is 16.5. The number of amides is 1. The molecule has 9 heteroatoms. The summed E-state index contributed by atoms with van der Waals surface area (Å²) in [6.07, 6.45) is 1.33. The number of hydrogen-bond acceptors (Lipinski definition) is 7. The maximum absolute atomic E-state index is 11.8. The number of aliphatic hydroxyl groups is 2. The van der Waals surface area contributed by atoms with Gasteiger partial charge in [-0.25, -0.2) is 9.67 Å². The number of carbonyl (C=O) groups excluding carboxylic acids is 2. The van der Waals surface area contributed by atoms with E-state index in [1.165, 1.54) is 11.0 Å². The minimum absolute atomic E-state index is 0.0776. The molecule has 0 aliphatic heterocycles. The van der Waals surface area contributed by atoms with E-state index in [0.717, 1.165) is 5.57 Å². The lowest BCUT2D eigenvalue weighted by atomic mass is 9.86. The van der Waals surface area contributed by atoms with Gasteiger partial charge in [0, 0.05) is 12.3 Å². The Morgan fingerprint density at radius 3 is 2.72 bits per heavy atom. The van der Waals surface area contributed by atoms with Crippen molar-refractivity contribution in [2.24, 2.45) is 17.6 Å². The number of carbonyl (C=O) groups is 2. The lowest BCUT2D eigenvalue weighted by molar-refractivity contribution is -0.154. The Balaban J connectivity index is 1.86. The van der Waals surface area contributed by atoms with Gasteiger partial charge in [0.15, 0.2) is 0 Å². The summed E-state index contributed by atoms with van der Waals surface area (Å²) in [6, 6.07) is -0.716. The Morgan fingerprint density at radius 2 is 2.08 bits per heavy atom. The first-order valence-corrected chi connectivity index (χ1v) is 8.27. The molecule has 4 N–H and O–H groups in total. The van der Waals surface area contributed by atoms with E-state index in [1.54, 1.807) is 13.8 Å². The highest BCUT2D eigenvalue weighted by Crippen LogP contribution is 2.46. The van der Waals surface area contributed by atoms with Crippen molar-refractivity contribution in [3.8, 4) is 0 Å². The molecule has 1 aromatic heterocycles. The third kappa shape index (κ3) is 3.05. The number of aliphatic hydroxyl groups excluding tert-OH is 2. The van der Waals surface area contributed by atoms with Crippen molar-refractivity contribution in [1.82, 2.24) is 14.8 Å². The molecule has 2 aliphatic carbocycles. The lowest BCUT2D eigenvalue weighted by Crippen LogP contribution is -2.33. The minimum atomic E-state index is -1.16. The van der Waals surface area contributed by atoms with Crippen molar-refractivity contribution in [2.45, 2.75) is 51.0 Å². The summed E-state index contributed by atoms with van der Waals surface area (Å²) in [7, 11) is 0. The van der Waals surface area contributed by atoms with Crippen molar-refractivity contribution >= 4 is 11.9 Å². The van der Waals surface area contributed by atoms with Crippen molar-refractivity contribution in [2.75, 3.05) is 0 Å². The van der Waals surface area contributed by atoms with E-state index in [4.69, 9.17) is 10.5 Å². The molecule has 1 saturated carbocycles. The molecule has 136 valence electrons. The van der Waals surface area contributed by atoms with Crippen LogP contribution in [0.1, 0.15) is 43.3 Å². The molecule has 3 rings (SSSR count). The van der Waals surface area contributed by atoms with Crippen LogP contribution >= 0.6 is 0 Å². The van der Waals surface area contributed by atoms with Crippen LogP contribution in [0.2, 0.25) is 0 Å². The van der Waals surface area contributed by atoms with E-state index >= 15 is 0 Å². The van der Waals surface area contributed by atoms with E-state index in [0.29, 0.717) is 12.8 Å². The molecule has 0 spiro atoms. The second-order valence-corrected chi connectivity index (χ2v) is 6.81. The summed E-state index contributed by atoms with van der Waals surface area (Å²) in [6.45, 7) is 3.51. The van der Waals surface area contributed by atoms with Gasteiger partial charge >= 0.3 is 5.97 Å². The maximum Gasteiger partial charge on any atom is 0.308 e. The molecule has 1 fully saturated rings. The van der Waals surface area contributed by atoms with Gasteiger partial charge in [-0.1, -0.05) is 19.9 Å². The SMILES string of the molecule is CC(C)C(=O)O[C@H]1CC=C2[C@@H](n3ncnc3C(N)=O)[C@H](O)[C@H](O)[C@H]2C1. The number of fused-ring (bicyclic) bond motifs is 1. The summed E-state index contributed by atoms with van der Waals surface area (Å²) in [5.74, 6) is -1.75. The van der Waals surface area contributed by atoms with Gasteiger partial charge in [0.2, 0.25) is 5.82 Å². The largest absolute Gasteiger partial charge is 0.462 e. The molecule has 1 amide bonds. The predicted octanol–water partition coefficient (Wildman–Crippen LogP) is -0.442. The fourth-order valence-corrected chi connectivity index (χ4v) is 3.55. The van der Waals surface area contributed by atoms with Gasteiger partial charge in [-0.2, -0.15) is 5.10 Å². The van der Waals surface area contributed by atoms with Gasteiger partial charge < -0.3 is 20.7 Å². The maximum atomic E-state index is 11.8. The molecule has 0 radical (unpaired) electrons. The summed E-state index contributed by atoms with van der Waals surface area (Å²) in [4.78, 5) is 27.1. The Morgan fingerprint density at radius 1 is 1.36 bits per heavy atom. The van der Waals surface area contributed by atoms with E-state index in [1.807, 2.05) is 6.08 Å². The zero-order chi connectivity index (χ0) is 18.3. The van der Waals surface area contributed by atoms with E-state index in [9.17, 15) is 19.8 Å². The number of ether oxygens (including phenoxy) is 1. The van der Waals surface area contributed by atoms with Crippen LogP contribution in [0.3, 0.4) is 0 Å². The first-order valence-electron chi connectivity index (χ1n) is 8.27. The second-order valence-electron chi connectivity index (χ2n) is 6.81. The Hall–Kier alpha value is -2.26. The van der Waals surface area contributed by atoms with Crippen LogP contribution in [-0.4, -0.2) is 55.2 Å². The average molecular weight is 350 g/mol. The molecule has 5 atom stereocenters. The molecule has 0 aromatic carbocycles. The monoisotopic (exact) mass is 350 g/mol. The van der Waals surface area contributed by atoms with Crippen LogP contribution in [0.15, 0.2) is 18.0 Å². The molecule has 0 saturated heterocycles.